The molecule has 1 aromatic rings. The zero-order valence-corrected chi connectivity index (χ0v) is 17.7. The largest absolute Gasteiger partial charge is 0.432 e. The number of ether oxygens (including phenoxy) is 1. The van der Waals surface area contributed by atoms with Crippen LogP contribution >= 0.6 is 0 Å². The summed E-state index contributed by atoms with van der Waals surface area (Å²) < 4.78 is 70.3. The summed E-state index contributed by atoms with van der Waals surface area (Å²) in [6.07, 6.45) is 4.05. The average Bonchev–Trinajstić information content (AvgIpc) is 3.44. The average molecular weight is 462 g/mol. The van der Waals surface area contributed by atoms with Crippen LogP contribution in [0.4, 0.5) is 13.2 Å². The summed E-state index contributed by atoms with van der Waals surface area (Å²) in [4.78, 5) is 22.9. The van der Waals surface area contributed by atoms with Crippen LogP contribution in [0, 0.1) is 11.7 Å². The standard InChI is InChI=1S/C20H25F3N2O5S/c21-15-7-6-14(12-16(15)30-19(22)23)20(9-10-20)25-31(28,29)11-3-1-2-4-13-5-8-17(26)24-18(13)27/h6-7,12-13,19,25H,1-5,8-11H2,(H,24,26,27). The Balaban J connectivity index is 1.48. The Morgan fingerprint density at radius 1 is 1.19 bits per heavy atom. The number of halogens is 3. The molecule has 31 heavy (non-hydrogen) atoms. The molecule has 0 radical (unpaired) electrons. The van der Waals surface area contributed by atoms with Gasteiger partial charge in [-0.2, -0.15) is 8.78 Å². The molecule has 1 atom stereocenters. The van der Waals surface area contributed by atoms with E-state index in [0.717, 1.165) is 12.1 Å². The molecule has 3 rings (SSSR count). The Bertz CT molecular complexity index is 935. The molecule has 1 heterocycles. The fourth-order valence-corrected chi connectivity index (χ4v) is 5.39. The van der Waals surface area contributed by atoms with E-state index in [1.807, 2.05) is 0 Å². The lowest BCUT2D eigenvalue weighted by atomic mass is 9.92. The smallest absolute Gasteiger partial charge is 0.387 e. The first kappa shape index (κ1) is 23.5. The van der Waals surface area contributed by atoms with Crippen LogP contribution in [0.15, 0.2) is 18.2 Å². The Kier molecular flexibility index (Phi) is 7.25. The molecule has 2 aliphatic rings. The number of rotatable bonds is 11. The van der Waals surface area contributed by atoms with Gasteiger partial charge in [0.25, 0.3) is 0 Å². The van der Waals surface area contributed by atoms with Gasteiger partial charge in [-0.3, -0.25) is 14.9 Å². The number of nitrogens with one attached hydrogen (secondary N) is 2. The Hall–Kier alpha value is -2.14. The van der Waals surface area contributed by atoms with E-state index in [4.69, 9.17) is 0 Å². The van der Waals surface area contributed by atoms with Crippen LogP contribution in [-0.2, 0) is 25.2 Å². The van der Waals surface area contributed by atoms with E-state index >= 15 is 0 Å². The third kappa shape index (κ3) is 6.42. The van der Waals surface area contributed by atoms with E-state index in [1.54, 1.807) is 0 Å². The number of amides is 2. The number of piperidine rings is 1. The number of alkyl halides is 2. The minimum atomic E-state index is -3.65. The predicted octanol–water partition coefficient (Wildman–Crippen LogP) is 2.95. The van der Waals surface area contributed by atoms with Crippen molar-refractivity contribution in [1.82, 2.24) is 10.0 Å². The van der Waals surface area contributed by atoms with Gasteiger partial charge in [0.15, 0.2) is 11.6 Å². The summed E-state index contributed by atoms with van der Waals surface area (Å²) in [5, 5.41) is 2.30. The molecule has 1 saturated heterocycles. The van der Waals surface area contributed by atoms with Crippen LogP contribution in [0.25, 0.3) is 0 Å². The molecule has 1 aliphatic heterocycles. The lowest BCUT2D eigenvalue weighted by Crippen LogP contribution is -2.40. The first-order chi connectivity index (χ1) is 14.6. The van der Waals surface area contributed by atoms with Gasteiger partial charge in [-0.25, -0.2) is 17.5 Å². The van der Waals surface area contributed by atoms with Crippen molar-refractivity contribution in [2.24, 2.45) is 5.92 Å². The molecule has 7 nitrogen and oxygen atoms in total. The molecule has 2 N–H and O–H groups in total. The maximum atomic E-state index is 13.7. The fraction of sp³-hybridized carbons (Fsp3) is 0.600. The van der Waals surface area contributed by atoms with Crippen molar-refractivity contribution < 1.29 is 35.9 Å². The topological polar surface area (TPSA) is 102 Å². The van der Waals surface area contributed by atoms with Gasteiger partial charge in [0, 0.05) is 12.3 Å². The van der Waals surface area contributed by atoms with E-state index in [-0.39, 0.29) is 23.5 Å². The highest BCUT2D eigenvalue weighted by atomic mass is 32.2. The second kappa shape index (κ2) is 9.56. The predicted molar refractivity (Wildman–Crippen MR) is 105 cm³/mol. The minimum absolute atomic E-state index is 0.119. The second-order valence-corrected chi connectivity index (χ2v) is 9.87. The van der Waals surface area contributed by atoms with Crippen molar-refractivity contribution in [3.8, 4) is 5.75 Å². The van der Waals surface area contributed by atoms with Crippen LogP contribution < -0.4 is 14.8 Å². The number of hydrogen-bond acceptors (Lipinski definition) is 5. The molecular weight excluding hydrogens is 437 g/mol. The summed E-state index contributed by atoms with van der Waals surface area (Å²) in [6, 6.07) is 3.45. The van der Waals surface area contributed by atoms with Crippen LogP contribution in [0.2, 0.25) is 0 Å². The third-order valence-corrected chi connectivity index (χ3v) is 7.15. The normalized spacial score (nSPS) is 20.6. The molecule has 2 amide bonds. The number of benzene rings is 1. The summed E-state index contributed by atoms with van der Waals surface area (Å²) in [5.41, 5.74) is -0.551. The van der Waals surface area contributed by atoms with Gasteiger partial charge in [0.05, 0.1) is 11.3 Å². The number of imide groups is 1. The highest BCUT2D eigenvalue weighted by Crippen LogP contribution is 2.47. The molecule has 0 spiro atoms. The van der Waals surface area contributed by atoms with Crippen LogP contribution in [0.1, 0.15) is 56.9 Å². The maximum absolute atomic E-state index is 13.7. The number of carbonyl (C=O) groups is 2. The number of sulfonamides is 1. The highest BCUT2D eigenvalue weighted by Gasteiger charge is 2.47. The second-order valence-electron chi connectivity index (χ2n) is 8.02. The summed E-state index contributed by atoms with van der Waals surface area (Å²) in [7, 11) is -3.65. The van der Waals surface area contributed by atoms with Gasteiger partial charge >= 0.3 is 6.61 Å². The third-order valence-electron chi connectivity index (χ3n) is 5.62. The van der Waals surface area contributed by atoms with Crippen molar-refractivity contribution in [2.45, 2.75) is 63.5 Å². The lowest BCUT2D eigenvalue weighted by Gasteiger charge is -2.20. The molecule has 2 fully saturated rings. The van der Waals surface area contributed by atoms with E-state index in [9.17, 15) is 31.2 Å². The monoisotopic (exact) mass is 462 g/mol. The van der Waals surface area contributed by atoms with E-state index in [0.29, 0.717) is 56.9 Å². The molecule has 0 bridgehead atoms. The van der Waals surface area contributed by atoms with Gasteiger partial charge in [0.1, 0.15) is 0 Å². The van der Waals surface area contributed by atoms with Gasteiger partial charge in [-0.05, 0) is 49.8 Å². The molecule has 1 aromatic carbocycles. The van der Waals surface area contributed by atoms with Crippen molar-refractivity contribution in [2.75, 3.05) is 5.75 Å². The maximum Gasteiger partial charge on any atom is 0.387 e. The fourth-order valence-electron chi connectivity index (χ4n) is 3.78. The number of hydrogen-bond donors (Lipinski definition) is 2. The number of carbonyl (C=O) groups excluding carboxylic acids is 2. The van der Waals surface area contributed by atoms with Crippen LogP contribution in [0.3, 0.4) is 0 Å². The molecule has 1 saturated carbocycles. The van der Waals surface area contributed by atoms with Crippen molar-refractivity contribution >= 4 is 21.8 Å². The quantitative estimate of drug-likeness (QED) is 0.389. The first-order valence-electron chi connectivity index (χ1n) is 10.2. The molecule has 11 heteroatoms. The Morgan fingerprint density at radius 3 is 2.58 bits per heavy atom. The van der Waals surface area contributed by atoms with E-state index in [2.05, 4.69) is 14.8 Å². The zero-order chi connectivity index (χ0) is 22.6. The molecule has 172 valence electrons. The van der Waals surface area contributed by atoms with E-state index in [1.165, 1.54) is 6.07 Å². The SMILES string of the molecule is O=C1CCC(CCCCCS(=O)(=O)NC2(c3ccc(F)c(OC(F)F)c3)CC2)C(=O)N1. The summed E-state index contributed by atoms with van der Waals surface area (Å²) in [5.74, 6) is -2.43. The summed E-state index contributed by atoms with van der Waals surface area (Å²) >= 11 is 0. The van der Waals surface area contributed by atoms with Gasteiger partial charge in [-0.1, -0.05) is 18.9 Å². The highest BCUT2D eigenvalue weighted by molar-refractivity contribution is 7.89. The molecule has 1 aliphatic carbocycles. The van der Waals surface area contributed by atoms with Crippen molar-refractivity contribution in [3.63, 3.8) is 0 Å². The van der Waals surface area contributed by atoms with E-state index < -0.39 is 33.7 Å². The molecular formula is C20H25F3N2O5S. The van der Waals surface area contributed by atoms with Gasteiger partial charge in [-0.15, -0.1) is 0 Å². The molecule has 0 aromatic heterocycles. The van der Waals surface area contributed by atoms with Gasteiger partial charge < -0.3 is 4.74 Å². The number of unbranched alkanes of at least 4 members (excludes halogenated alkanes) is 2. The summed E-state index contributed by atoms with van der Waals surface area (Å²) in [6.45, 7) is -3.18. The molecule has 1 unspecified atom stereocenters. The first-order valence-corrected chi connectivity index (χ1v) is 11.9. The van der Waals surface area contributed by atoms with Crippen molar-refractivity contribution in [3.05, 3.63) is 29.6 Å². The Morgan fingerprint density at radius 2 is 1.94 bits per heavy atom. The zero-order valence-electron chi connectivity index (χ0n) is 16.8. The lowest BCUT2D eigenvalue weighted by molar-refractivity contribution is -0.136. The van der Waals surface area contributed by atoms with Crippen LogP contribution in [0.5, 0.6) is 5.75 Å². The minimum Gasteiger partial charge on any atom is -0.432 e. The van der Waals surface area contributed by atoms with Crippen LogP contribution in [-0.4, -0.2) is 32.6 Å². The van der Waals surface area contributed by atoms with Gasteiger partial charge in [0.2, 0.25) is 21.8 Å². The van der Waals surface area contributed by atoms with Crippen molar-refractivity contribution in [1.29, 1.82) is 0 Å². The Labute approximate surface area is 178 Å².